The van der Waals surface area contributed by atoms with E-state index in [1.807, 2.05) is 42.5 Å². The molecule has 0 saturated carbocycles. The maximum Gasteiger partial charge on any atom is 0.311 e. The molecule has 2 aromatic rings. The second-order valence-electron chi connectivity index (χ2n) is 7.50. The van der Waals surface area contributed by atoms with Crippen molar-refractivity contribution in [3.8, 4) is 11.1 Å². The summed E-state index contributed by atoms with van der Waals surface area (Å²) in [5, 5.41) is 9.73. The van der Waals surface area contributed by atoms with Crippen molar-refractivity contribution >= 4 is 11.9 Å². The molecule has 0 radical (unpaired) electrons. The van der Waals surface area contributed by atoms with Crippen molar-refractivity contribution in [2.75, 3.05) is 26.3 Å². The third-order valence-corrected chi connectivity index (χ3v) is 5.90. The van der Waals surface area contributed by atoms with Crippen LogP contribution in [0.25, 0.3) is 11.1 Å². The molecule has 2 atom stereocenters. The molecule has 2 saturated heterocycles. The van der Waals surface area contributed by atoms with Gasteiger partial charge in [0, 0.05) is 25.6 Å². The van der Waals surface area contributed by atoms with E-state index >= 15 is 0 Å². The van der Waals surface area contributed by atoms with E-state index in [1.54, 1.807) is 4.90 Å². The van der Waals surface area contributed by atoms with Crippen molar-refractivity contribution in [2.45, 2.75) is 12.8 Å². The van der Waals surface area contributed by atoms with Crippen LogP contribution in [0.2, 0.25) is 0 Å². The summed E-state index contributed by atoms with van der Waals surface area (Å²) in [5.74, 6) is -0.941. The third kappa shape index (κ3) is 3.35. The molecule has 5 heteroatoms. The summed E-state index contributed by atoms with van der Waals surface area (Å²) in [5.41, 5.74) is 2.35. The standard InChI is InChI=1S/C22H23NO4/c24-20(23-13-19-14-27-11-10-22(19,15-23)21(25)26)12-16-6-8-18(9-7-16)17-4-2-1-3-5-17/h1-9,19H,10-15H2,(H,25,26)/t19-,22+/m0/s1. The minimum atomic E-state index is -0.842. The summed E-state index contributed by atoms with van der Waals surface area (Å²) in [6.45, 7) is 1.62. The Balaban J connectivity index is 1.44. The number of nitrogens with zero attached hydrogens (tertiary/aromatic N) is 1. The highest BCUT2D eigenvalue weighted by Gasteiger charge is 2.54. The van der Waals surface area contributed by atoms with Gasteiger partial charge in [-0.1, -0.05) is 54.6 Å². The molecule has 2 heterocycles. The second-order valence-corrected chi connectivity index (χ2v) is 7.50. The molecule has 0 bridgehead atoms. The number of carboxylic acids is 1. The topological polar surface area (TPSA) is 66.8 Å². The van der Waals surface area contributed by atoms with Crippen molar-refractivity contribution in [2.24, 2.45) is 11.3 Å². The lowest BCUT2D eigenvalue weighted by Crippen LogP contribution is -2.45. The Morgan fingerprint density at radius 2 is 1.78 bits per heavy atom. The highest BCUT2D eigenvalue weighted by molar-refractivity contribution is 5.82. The van der Waals surface area contributed by atoms with Crippen LogP contribution in [-0.2, 0) is 20.7 Å². The first kappa shape index (κ1) is 17.7. The number of ether oxygens (including phenoxy) is 1. The van der Waals surface area contributed by atoms with Gasteiger partial charge in [-0.15, -0.1) is 0 Å². The van der Waals surface area contributed by atoms with E-state index in [9.17, 15) is 14.7 Å². The van der Waals surface area contributed by atoms with E-state index in [0.717, 1.165) is 16.7 Å². The number of carbonyl (C=O) groups excluding carboxylic acids is 1. The Hall–Kier alpha value is -2.66. The van der Waals surface area contributed by atoms with Gasteiger partial charge >= 0.3 is 5.97 Å². The molecule has 0 spiro atoms. The molecule has 1 amide bonds. The summed E-state index contributed by atoms with van der Waals surface area (Å²) in [7, 11) is 0. The molecule has 2 aliphatic heterocycles. The summed E-state index contributed by atoms with van der Waals surface area (Å²) in [4.78, 5) is 26.3. The second kappa shape index (κ2) is 7.16. The monoisotopic (exact) mass is 365 g/mol. The van der Waals surface area contributed by atoms with E-state index in [-0.39, 0.29) is 18.4 Å². The normalized spacial score (nSPS) is 24.4. The van der Waals surface area contributed by atoms with Gasteiger partial charge < -0.3 is 14.7 Å². The first-order valence-corrected chi connectivity index (χ1v) is 9.32. The Labute approximate surface area is 158 Å². The van der Waals surface area contributed by atoms with Crippen LogP contribution in [0.5, 0.6) is 0 Å². The number of likely N-dealkylation sites (tertiary alicyclic amines) is 1. The number of hydrogen-bond donors (Lipinski definition) is 1. The van der Waals surface area contributed by atoms with E-state index < -0.39 is 11.4 Å². The van der Waals surface area contributed by atoms with Crippen molar-refractivity contribution < 1.29 is 19.4 Å². The summed E-state index contributed by atoms with van der Waals surface area (Å²) in [6.07, 6.45) is 0.765. The van der Waals surface area contributed by atoms with E-state index in [0.29, 0.717) is 32.6 Å². The third-order valence-electron chi connectivity index (χ3n) is 5.90. The minimum Gasteiger partial charge on any atom is -0.481 e. The van der Waals surface area contributed by atoms with Crippen molar-refractivity contribution in [3.05, 3.63) is 60.2 Å². The number of carbonyl (C=O) groups is 2. The van der Waals surface area contributed by atoms with Crippen LogP contribution in [0.3, 0.4) is 0 Å². The van der Waals surface area contributed by atoms with Crippen molar-refractivity contribution in [3.63, 3.8) is 0 Å². The van der Waals surface area contributed by atoms with Gasteiger partial charge in [-0.05, 0) is 23.1 Å². The molecule has 2 aromatic carbocycles. The molecule has 5 nitrogen and oxygen atoms in total. The van der Waals surface area contributed by atoms with Crippen LogP contribution in [0.1, 0.15) is 12.0 Å². The molecule has 0 unspecified atom stereocenters. The zero-order valence-corrected chi connectivity index (χ0v) is 15.1. The molecule has 4 rings (SSSR count). The zero-order valence-electron chi connectivity index (χ0n) is 15.1. The van der Waals surface area contributed by atoms with Gasteiger partial charge in [0.2, 0.25) is 5.91 Å². The van der Waals surface area contributed by atoms with Gasteiger partial charge in [0.15, 0.2) is 0 Å². The minimum absolute atomic E-state index is 0.0162. The predicted molar refractivity (Wildman–Crippen MR) is 101 cm³/mol. The van der Waals surface area contributed by atoms with Gasteiger partial charge in [-0.3, -0.25) is 9.59 Å². The van der Waals surface area contributed by atoms with Crippen LogP contribution in [-0.4, -0.2) is 48.2 Å². The molecule has 0 aliphatic carbocycles. The lowest BCUT2D eigenvalue weighted by Gasteiger charge is -2.33. The van der Waals surface area contributed by atoms with Gasteiger partial charge in [-0.2, -0.15) is 0 Å². The van der Waals surface area contributed by atoms with Gasteiger partial charge in [0.05, 0.1) is 18.4 Å². The number of amides is 1. The molecule has 2 aliphatic rings. The highest BCUT2D eigenvalue weighted by Crippen LogP contribution is 2.42. The van der Waals surface area contributed by atoms with Crippen LogP contribution in [0, 0.1) is 11.3 Å². The molecular formula is C22H23NO4. The fourth-order valence-corrected chi connectivity index (χ4v) is 4.22. The van der Waals surface area contributed by atoms with Crippen LogP contribution in [0.4, 0.5) is 0 Å². The maximum atomic E-state index is 12.8. The van der Waals surface area contributed by atoms with E-state index in [1.165, 1.54) is 0 Å². The van der Waals surface area contributed by atoms with E-state index in [2.05, 4.69) is 12.1 Å². The Morgan fingerprint density at radius 1 is 1.07 bits per heavy atom. The molecular weight excluding hydrogens is 342 g/mol. The van der Waals surface area contributed by atoms with Crippen molar-refractivity contribution in [1.29, 1.82) is 0 Å². The Kier molecular flexibility index (Phi) is 4.70. The summed E-state index contributed by atoms with van der Waals surface area (Å²) >= 11 is 0. The summed E-state index contributed by atoms with van der Waals surface area (Å²) < 4.78 is 5.46. The van der Waals surface area contributed by atoms with Gasteiger partial charge in [0.25, 0.3) is 0 Å². The first-order valence-electron chi connectivity index (χ1n) is 9.32. The Morgan fingerprint density at radius 3 is 2.44 bits per heavy atom. The number of carboxylic acid groups (broad SMARTS) is 1. The summed E-state index contributed by atoms with van der Waals surface area (Å²) in [6, 6.07) is 18.1. The van der Waals surface area contributed by atoms with Crippen LogP contribution < -0.4 is 0 Å². The van der Waals surface area contributed by atoms with Crippen LogP contribution in [0.15, 0.2) is 54.6 Å². The highest BCUT2D eigenvalue weighted by atomic mass is 16.5. The van der Waals surface area contributed by atoms with E-state index in [4.69, 9.17) is 4.74 Å². The number of benzene rings is 2. The number of fused-ring (bicyclic) bond motifs is 1. The largest absolute Gasteiger partial charge is 0.481 e. The molecule has 140 valence electrons. The predicted octanol–water partition coefficient (Wildman–Crippen LogP) is 2.85. The first-order chi connectivity index (χ1) is 13.1. The van der Waals surface area contributed by atoms with Gasteiger partial charge in [0.1, 0.15) is 0 Å². The molecule has 0 aromatic heterocycles. The quantitative estimate of drug-likeness (QED) is 0.905. The Bertz CT molecular complexity index is 833. The zero-order chi connectivity index (χ0) is 18.9. The average molecular weight is 365 g/mol. The van der Waals surface area contributed by atoms with Gasteiger partial charge in [-0.25, -0.2) is 0 Å². The lowest BCUT2D eigenvalue weighted by atomic mass is 9.74. The fraction of sp³-hybridized carbons (Fsp3) is 0.364. The molecule has 2 fully saturated rings. The van der Waals surface area contributed by atoms with Crippen molar-refractivity contribution in [1.82, 2.24) is 4.90 Å². The number of rotatable bonds is 4. The number of aliphatic carboxylic acids is 1. The molecule has 27 heavy (non-hydrogen) atoms. The average Bonchev–Trinajstić information content (AvgIpc) is 3.11. The molecule has 1 N–H and O–H groups in total. The SMILES string of the molecule is O=C(Cc1ccc(-c2ccccc2)cc1)N1C[C@H]2COCC[C@@]2(C(=O)O)C1. The number of hydrogen-bond acceptors (Lipinski definition) is 3. The fourth-order valence-electron chi connectivity index (χ4n) is 4.22. The van der Waals surface area contributed by atoms with Crippen LogP contribution >= 0.6 is 0 Å². The maximum absolute atomic E-state index is 12.8. The lowest BCUT2D eigenvalue weighted by molar-refractivity contribution is -0.157. The smallest absolute Gasteiger partial charge is 0.311 e.